The van der Waals surface area contributed by atoms with Crippen LogP contribution in [0.5, 0.6) is 5.75 Å². The predicted molar refractivity (Wildman–Crippen MR) is 95.3 cm³/mol. The second-order valence-electron chi connectivity index (χ2n) is 5.85. The van der Waals surface area contributed by atoms with Crippen molar-refractivity contribution in [2.45, 2.75) is 6.42 Å². The van der Waals surface area contributed by atoms with E-state index < -0.39 is 0 Å². The van der Waals surface area contributed by atoms with Crippen LogP contribution in [0.25, 0.3) is 11.3 Å². The molecule has 0 saturated heterocycles. The van der Waals surface area contributed by atoms with Gasteiger partial charge in [-0.15, -0.1) is 11.3 Å². The maximum Gasteiger partial charge on any atom is 0.231 e. The summed E-state index contributed by atoms with van der Waals surface area (Å²) in [6.07, 6.45) is 0.457. The van der Waals surface area contributed by atoms with Crippen LogP contribution in [-0.4, -0.2) is 17.5 Å². The molecule has 2 aromatic carbocycles. The van der Waals surface area contributed by atoms with E-state index in [0.717, 1.165) is 16.8 Å². The summed E-state index contributed by atoms with van der Waals surface area (Å²) in [5, 5.41) is 3.66. The van der Waals surface area contributed by atoms with Crippen LogP contribution in [0.3, 0.4) is 0 Å². The number of fused-ring (bicyclic) bond motifs is 1. The zero-order valence-corrected chi connectivity index (χ0v) is 14.1. The van der Waals surface area contributed by atoms with Crippen LogP contribution >= 0.6 is 11.3 Å². The van der Waals surface area contributed by atoms with Gasteiger partial charge in [0.05, 0.1) is 11.4 Å². The number of hydrogen-bond acceptors (Lipinski definition) is 4. The van der Waals surface area contributed by atoms with Crippen LogP contribution in [0.1, 0.15) is 5.56 Å². The van der Waals surface area contributed by atoms with E-state index >= 15 is 0 Å². The van der Waals surface area contributed by atoms with Crippen molar-refractivity contribution in [2.75, 3.05) is 11.9 Å². The molecule has 1 aromatic heterocycles. The summed E-state index contributed by atoms with van der Waals surface area (Å²) in [6.45, 7) is 0.282. The van der Waals surface area contributed by atoms with E-state index in [0.29, 0.717) is 17.2 Å². The van der Waals surface area contributed by atoms with Gasteiger partial charge in [-0.1, -0.05) is 30.3 Å². The molecule has 4 nitrogen and oxygen atoms in total. The monoisotopic (exact) mass is 354 g/mol. The first kappa shape index (κ1) is 15.8. The Labute approximate surface area is 148 Å². The summed E-state index contributed by atoms with van der Waals surface area (Å²) in [6, 6.07) is 14.1. The summed E-state index contributed by atoms with van der Waals surface area (Å²) in [4.78, 5) is 17.0. The normalized spacial score (nSPS) is 16.0. The highest BCUT2D eigenvalue weighted by Crippen LogP contribution is 2.32. The number of nitrogens with one attached hydrogen (secondary N) is 1. The van der Waals surface area contributed by atoms with Crippen LogP contribution in [0.15, 0.2) is 54.0 Å². The number of benzene rings is 2. The number of aromatic nitrogens is 1. The molecule has 4 rings (SSSR count). The van der Waals surface area contributed by atoms with Gasteiger partial charge in [-0.05, 0) is 30.2 Å². The Hall–Kier alpha value is -2.73. The number of ether oxygens (including phenoxy) is 1. The first-order valence-electron chi connectivity index (χ1n) is 7.91. The summed E-state index contributed by atoms with van der Waals surface area (Å²) in [7, 11) is 0. The van der Waals surface area contributed by atoms with Crippen molar-refractivity contribution in [3.63, 3.8) is 0 Å². The molecule has 2 heterocycles. The summed E-state index contributed by atoms with van der Waals surface area (Å²) >= 11 is 1.38. The van der Waals surface area contributed by atoms with E-state index in [4.69, 9.17) is 4.74 Å². The number of rotatable bonds is 3. The first-order valence-corrected chi connectivity index (χ1v) is 8.79. The Morgan fingerprint density at radius 2 is 2.08 bits per heavy atom. The zero-order valence-electron chi connectivity index (χ0n) is 13.2. The average molecular weight is 354 g/mol. The summed E-state index contributed by atoms with van der Waals surface area (Å²) in [5.41, 5.74) is 4.13. The molecule has 0 saturated carbocycles. The van der Waals surface area contributed by atoms with Gasteiger partial charge in [0, 0.05) is 5.56 Å². The fourth-order valence-electron chi connectivity index (χ4n) is 2.88. The van der Waals surface area contributed by atoms with Gasteiger partial charge in [0.15, 0.2) is 0 Å². The molecule has 1 unspecified atom stereocenters. The number of hydrogen-bond donors (Lipinski definition) is 1. The number of carbonyl (C=O) groups excluding carboxylic acids is 1. The molecule has 1 N–H and O–H groups in total. The molecule has 126 valence electrons. The second-order valence-corrected chi connectivity index (χ2v) is 6.70. The number of amides is 1. The van der Waals surface area contributed by atoms with Gasteiger partial charge in [-0.2, -0.15) is 0 Å². The molecule has 1 aliphatic rings. The molecule has 3 aromatic rings. The standard InChI is InChI=1S/C19H15FN2O2S/c20-15-6-7-16-13(9-15)8-14(10-24-16)18(23)22-19-17(21-11-25-19)12-4-2-1-3-5-12/h1-7,9,11,14H,8,10H2,(H,22,23). The molecule has 25 heavy (non-hydrogen) atoms. The lowest BCUT2D eigenvalue weighted by Gasteiger charge is -2.24. The van der Waals surface area contributed by atoms with Gasteiger partial charge >= 0.3 is 0 Å². The number of anilines is 1. The van der Waals surface area contributed by atoms with Gasteiger partial charge in [-0.25, -0.2) is 9.37 Å². The van der Waals surface area contributed by atoms with Crippen molar-refractivity contribution >= 4 is 22.2 Å². The molecule has 0 radical (unpaired) electrons. The molecule has 0 bridgehead atoms. The lowest BCUT2D eigenvalue weighted by molar-refractivity contribution is -0.121. The van der Waals surface area contributed by atoms with E-state index in [-0.39, 0.29) is 24.2 Å². The van der Waals surface area contributed by atoms with E-state index in [9.17, 15) is 9.18 Å². The van der Waals surface area contributed by atoms with E-state index in [1.54, 1.807) is 11.6 Å². The van der Waals surface area contributed by atoms with Gasteiger partial charge in [0.1, 0.15) is 28.9 Å². The summed E-state index contributed by atoms with van der Waals surface area (Å²) in [5.74, 6) is -0.179. The topological polar surface area (TPSA) is 51.2 Å². The lowest BCUT2D eigenvalue weighted by atomic mass is 9.96. The fraction of sp³-hybridized carbons (Fsp3) is 0.158. The number of thiazole rings is 1. The van der Waals surface area contributed by atoms with Crippen molar-refractivity contribution in [1.29, 1.82) is 0 Å². The largest absolute Gasteiger partial charge is 0.492 e. The van der Waals surface area contributed by atoms with Crippen molar-refractivity contribution in [3.05, 3.63) is 65.4 Å². The fourth-order valence-corrected chi connectivity index (χ4v) is 3.59. The molecular formula is C19H15FN2O2S. The van der Waals surface area contributed by atoms with Crippen LogP contribution in [0, 0.1) is 11.7 Å². The molecule has 0 spiro atoms. The quantitative estimate of drug-likeness (QED) is 0.769. The third-order valence-electron chi connectivity index (χ3n) is 4.15. The Morgan fingerprint density at radius 3 is 2.92 bits per heavy atom. The molecule has 0 fully saturated rings. The predicted octanol–water partition coefficient (Wildman–Crippen LogP) is 4.14. The van der Waals surface area contributed by atoms with Crippen molar-refractivity contribution in [1.82, 2.24) is 4.98 Å². The van der Waals surface area contributed by atoms with Crippen LogP contribution in [-0.2, 0) is 11.2 Å². The van der Waals surface area contributed by atoms with Crippen molar-refractivity contribution < 1.29 is 13.9 Å². The number of halogens is 1. The van der Waals surface area contributed by atoms with Gasteiger partial charge in [0.25, 0.3) is 0 Å². The van der Waals surface area contributed by atoms with Crippen LogP contribution in [0.2, 0.25) is 0 Å². The third-order valence-corrected chi connectivity index (χ3v) is 4.89. The van der Waals surface area contributed by atoms with Crippen LogP contribution in [0.4, 0.5) is 9.39 Å². The highest BCUT2D eigenvalue weighted by Gasteiger charge is 2.27. The molecule has 1 atom stereocenters. The number of carbonyl (C=O) groups is 1. The maximum absolute atomic E-state index is 13.4. The van der Waals surface area contributed by atoms with Crippen molar-refractivity contribution in [2.24, 2.45) is 5.92 Å². The highest BCUT2D eigenvalue weighted by molar-refractivity contribution is 7.14. The first-order chi connectivity index (χ1) is 12.2. The van der Waals surface area contributed by atoms with E-state index in [2.05, 4.69) is 10.3 Å². The Balaban J connectivity index is 1.51. The number of nitrogens with zero attached hydrogens (tertiary/aromatic N) is 1. The SMILES string of the molecule is O=C(Nc1scnc1-c1ccccc1)C1COc2ccc(F)cc2C1. The lowest BCUT2D eigenvalue weighted by Crippen LogP contribution is -2.32. The minimum Gasteiger partial charge on any atom is -0.492 e. The average Bonchev–Trinajstić information content (AvgIpc) is 3.10. The Morgan fingerprint density at radius 1 is 1.24 bits per heavy atom. The molecule has 6 heteroatoms. The van der Waals surface area contributed by atoms with Gasteiger partial charge in [0.2, 0.25) is 5.91 Å². The Kier molecular flexibility index (Phi) is 4.19. The molecule has 1 amide bonds. The third kappa shape index (κ3) is 3.25. The molecule has 0 aliphatic carbocycles. The second kappa shape index (κ2) is 6.64. The van der Waals surface area contributed by atoms with Crippen molar-refractivity contribution in [3.8, 4) is 17.0 Å². The highest BCUT2D eigenvalue weighted by atomic mass is 32.1. The van der Waals surface area contributed by atoms with Gasteiger partial charge in [-0.3, -0.25) is 4.79 Å². The smallest absolute Gasteiger partial charge is 0.231 e. The van der Waals surface area contributed by atoms with Crippen LogP contribution < -0.4 is 10.1 Å². The minimum atomic E-state index is -0.361. The summed E-state index contributed by atoms with van der Waals surface area (Å²) < 4.78 is 19.0. The van der Waals surface area contributed by atoms with E-state index in [1.165, 1.54) is 23.5 Å². The van der Waals surface area contributed by atoms with Gasteiger partial charge < -0.3 is 10.1 Å². The maximum atomic E-state index is 13.4. The molecule has 1 aliphatic heterocycles. The minimum absolute atomic E-state index is 0.142. The zero-order chi connectivity index (χ0) is 17.2. The molecular weight excluding hydrogens is 339 g/mol. The van der Waals surface area contributed by atoms with E-state index in [1.807, 2.05) is 30.3 Å². The Bertz CT molecular complexity index is 911.